The van der Waals surface area contributed by atoms with Crippen molar-refractivity contribution in [3.8, 4) is 0 Å². The van der Waals surface area contributed by atoms with Crippen LogP contribution in [0.4, 0.5) is 0 Å². The van der Waals surface area contributed by atoms with E-state index in [4.69, 9.17) is 0 Å². The number of halogens is 1. The van der Waals surface area contributed by atoms with Gasteiger partial charge in [0.2, 0.25) is 11.8 Å². The lowest BCUT2D eigenvalue weighted by atomic mass is 9.80. The molecule has 2 amide bonds. The molecule has 0 bridgehead atoms. The number of piperidine rings is 1. The van der Waals surface area contributed by atoms with Gasteiger partial charge in [0.15, 0.2) is 4.90 Å². The van der Waals surface area contributed by atoms with Crippen LogP contribution in [0.2, 0.25) is 0 Å². The Morgan fingerprint density at radius 2 is 1.81 bits per heavy atom. The van der Waals surface area contributed by atoms with Gasteiger partial charge >= 0.3 is 0 Å². The molecular formula is C24H38ClN3O3S. The fourth-order valence-corrected chi connectivity index (χ4v) is 5.29. The van der Waals surface area contributed by atoms with Crippen molar-refractivity contribution in [3.63, 3.8) is 0 Å². The molecule has 180 valence electrons. The quantitative estimate of drug-likeness (QED) is 0.575. The number of carbonyl (C=O) groups excluding carboxylic acids is 2. The molecule has 0 aliphatic carbocycles. The monoisotopic (exact) mass is 483 g/mol. The number of piperazine rings is 1. The van der Waals surface area contributed by atoms with Crippen LogP contribution >= 0.6 is 12.4 Å². The largest absolute Gasteiger partial charge is 0.612 e. The molecule has 2 aliphatic heterocycles. The maximum atomic E-state index is 13.3. The lowest BCUT2D eigenvalue weighted by molar-refractivity contribution is -0.161. The molecule has 32 heavy (non-hydrogen) atoms. The smallest absolute Gasteiger partial charge is 0.246 e. The van der Waals surface area contributed by atoms with Crippen LogP contribution in [-0.2, 0) is 27.3 Å². The van der Waals surface area contributed by atoms with Gasteiger partial charge in [0, 0.05) is 26.2 Å². The maximum absolute atomic E-state index is 13.3. The van der Waals surface area contributed by atoms with Gasteiger partial charge in [0.1, 0.15) is 17.8 Å². The van der Waals surface area contributed by atoms with Crippen LogP contribution in [0.25, 0.3) is 0 Å². The highest BCUT2D eigenvalue weighted by atomic mass is 35.5. The molecule has 0 radical (unpaired) electrons. The summed E-state index contributed by atoms with van der Waals surface area (Å²) < 4.78 is 11.6. The van der Waals surface area contributed by atoms with Gasteiger partial charge in [-0.3, -0.25) is 14.5 Å². The molecule has 6 nitrogen and oxygen atoms in total. The van der Waals surface area contributed by atoms with E-state index >= 15 is 0 Å². The second kappa shape index (κ2) is 11.7. The topological polar surface area (TPSA) is 75.7 Å². The molecule has 1 aromatic carbocycles. The van der Waals surface area contributed by atoms with Crippen LogP contribution in [0.3, 0.4) is 0 Å². The fraction of sp³-hybridized carbons (Fsp3) is 0.667. The second-order valence-electron chi connectivity index (χ2n) is 9.40. The molecule has 2 atom stereocenters. The van der Waals surface area contributed by atoms with E-state index in [0.717, 1.165) is 37.4 Å². The summed E-state index contributed by atoms with van der Waals surface area (Å²) in [4.78, 5) is 31.7. The molecule has 2 aliphatic rings. The van der Waals surface area contributed by atoms with Gasteiger partial charge < -0.3 is 14.8 Å². The van der Waals surface area contributed by atoms with Crippen LogP contribution in [0.15, 0.2) is 29.2 Å². The Morgan fingerprint density at radius 3 is 2.34 bits per heavy atom. The summed E-state index contributed by atoms with van der Waals surface area (Å²) in [5.41, 5.74) is 0.466. The first-order valence-corrected chi connectivity index (χ1v) is 13.1. The average molecular weight is 484 g/mol. The number of amides is 2. The molecule has 1 spiro atoms. The summed E-state index contributed by atoms with van der Waals surface area (Å²) >= 11 is -0.968. The lowest BCUT2D eigenvalue weighted by Gasteiger charge is -2.52. The van der Waals surface area contributed by atoms with E-state index in [2.05, 4.69) is 31.0 Å². The van der Waals surface area contributed by atoms with Gasteiger partial charge in [0.25, 0.3) is 0 Å². The first kappa shape index (κ1) is 27.0. The predicted molar refractivity (Wildman–Crippen MR) is 131 cm³/mol. The maximum Gasteiger partial charge on any atom is 0.246 e. The van der Waals surface area contributed by atoms with E-state index in [1.54, 1.807) is 6.26 Å². The molecule has 1 aromatic rings. The number of nitrogens with one attached hydrogen (secondary N) is 1. The van der Waals surface area contributed by atoms with E-state index in [9.17, 15) is 14.1 Å². The van der Waals surface area contributed by atoms with Gasteiger partial charge in [-0.25, -0.2) is 0 Å². The van der Waals surface area contributed by atoms with Crippen molar-refractivity contribution in [3.05, 3.63) is 29.8 Å². The van der Waals surface area contributed by atoms with Crippen molar-refractivity contribution >= 4 is 35.4 Å². The van der Waals surface area contributed by atoms with Gasteiger partial charge in [-0.1, -0.05) is 39.3 Å². The zero-order chi connectivity index (χ0) is 22.6. The van der Waals surface area contributed by atoms with Crippen molar-refractivity contribution in [1.82, 2.24) is 15.1 Å². The van der Waals surface area contributed by atoms with Crippen molar-refractivity contribution < 1.29 is 14.1 Å². The average Bonchev–Trinajstić information content (AvgIpc) is 2.73. The first-order valence-electron chi connectivity index (χ1n) is 11.5. The minimum Gasteiger partial charge on any atom is -0.612 e. The Balaban J connectivity index is 0.00000363. The van der Waals surface area contributed by atoms with Gasteiger partial charge in [0.05, 0.1) is 0 Å². The number of likely N-dealkylation sites (tertiary alicyclic amines) is 1. The third-order valence-electron chi connectivity index (χ3n) is 6.60. The van der Waals surface area contributed by atoms with Crippen LogP contribution in [-0.4, -0.2) is 63.6 Å². The molecule has 1 N–H and O–H groups in total. The number of unbranched alkanes of at least 4 members (excludes halogenated alkanes) is 1. The summed E-state index contributed by atoms with van der Waals surface area (Å²) in [5.74, 6) is 0.483. The Kier molecular flexibility index (Phi) is 9.88. The third-order valence-corrected chi connectivity index (χ3v) is 7.53. The van der Waals surface area contributed by atoms with Gasteiger partial charge in [-0.15, -0.1) is 12.4 Å². The van der Waals surface area contributed by atoms with E-state index < -0.39 is 22.8 Å². The SMILES string of the molecule is CCCCN1C(=O)[C@H](CC(C)C)NC(=O)C12CCN(Cc1ccc([S+](C)[O-])cc1)CC2.Cl. The number of benzene rings is 1. The summed E-state index contributed by atoms with van der Waals surface area (Å²) in [6.07, 6.45) is 5.63. The fourth-order valence-electron chi connectivity index (χ4n) is 4.77. The van der Waals surface area contributed by atoms with Gasteiger partial charge in [-0.2, -0.15) is 0 Å². The van der Waals surface area contributed by atoms with E-state index in [1.165, 1.54) is 5.56 Å². The standard InChI is InChI=1S/C24H37N3O3S.ClH/c1-5-6-13-27-22(28)21(16-18(2)3)25-23(29)24(27)11-14-26(15-12-24)17-19-7-9-20(10-8-19)31(4)30;/h7-10,18,21H,5-6,11-17H2,1-4H3,(H,25,29);1H/t21-,31?;/m0./s1. The zero-order valence-corrected chi connectivity index (χ0v) is 21.4. The number of hydrogen-bond donors (Lipinski definition) is 1. The Bertz CT molecular complexity index is 764. The molecule has 2 fully saturated rings. The van der Waals surface area contributed by atoms with Crippen LogP contribution in [0.1, 0.15) is 58.4 Å². The van der Waals surface area contributed by atoms with Crippen molar-refractivity contribution in [2.45, 2.75) is 75.9 Å². The highest BCUT2D eigenvalue weighted by molar-refractivity contribution is 7.90. The Labute approximate surface area is 202 Å². The number of hydrogen-bond acceptors (Lipinski definition) is 4. The first-order chi connectivity index (χ1) is 14.8. The van der Waals surface area contributed by atoms with Crippen molar-refractivity contribution in [2.24, 2.45) is 5.92 Å². The minimum absolute atomic E-state index is 0. The number of nitrogens with zero attached hydrogens (tertiary/aromatic N) is 2. The van der Waals surface area contributed by atoms with E-state index in [1.807, 2.05) is 29.2 Å². The number of carbonyl (C=O) groups is 2. The molecule has 1 unspecified atom stereocenters. The second-order valence-corrected chi connectivity index (χ2v) is 10.8. The third kappa shape index (κ3) is 5.99. The van der Waals surface area contributed by atoms with Crippen LogP contribution in [0.5, 0.6) is 0 Å². The molecule has 0 saturated carbocycles. The summed E-state index contributed by atoms with van der Waals surface area (Å²) in [7, 11) is 0. The lowest BCUT2D eigenvalue weighted by Crippen LogP contribution is -2.73. The molecule has 2 saturated heterocycles. The van der Waals surface area contributed by atoms with Crippen molar-refractivity contribution in [1.29, 1.82) is 0 Å². The van der Waals surface area contributed by atoms with Crippen LogP contribution in [0, 0.1) is 5.92 Å². The molecule has 2 heterocycles. The van der Waals surface area contributed by atoms with E-state index in [0.29, 0.717) is 31.7 Å². The van der Waals surface area contributed by atoms with Gasteiger partial charge in [-0.05, 0) is 60.5 Å². The highest BCUT2D eigenvalue weighted by Crippen LogP contribution is 2.34. The summed E-state index contributed by atoms with van der Waals surface area (Å²) in [6, 6.07) is 7.51. The van der Waals surface area contributed by atoms with Crippen molar-refractivity contribution in [2.75, 3.05) is 25.9 Å². The summed E-state index contributed by atoms with van der Waals surface area (Å²) in [6.45, 7) is 9.31. The Hall–Kier alpha value is -1.28. The molecular weight excluding hydrogens is 446 g/mol. The highest BCUT2D eigenvalue weighted by Gasteiger charge is 2.53. The minimum atomic E-state index is -0.968. The summed E-state index contributed by atoms with van der Waals surface area (Å²) in [5, 5.41) is 3.07. The van der Waals surface area contributed by atoms with Crippen LogP contribution < -0.4 is 5.32 Å². The Morgan fingerprint density at radius 1 is 1.19 bits per heavy atom. The van der Waals surface area contributed by atoms with E-state index in [-0.39, 0.29) is 24.2 Å². The zero-order valence-electron chi connectivity index (χ0n) is 19.8. The number of rotatable bonds is 8. The predicted octanol–water partition coefficient (Wildman–Crippen LogP) is 3.35. The normalized spacial score (nSPS) is 22.1. The molecule has 0 aromatic heterocycles. The molecule has 8 heteroatoms. The molecule has 3 rings (SSSR count).